The lowest BCUT2D eigenvalue weighted by Gasteiger charge is -2.25. The van der Waals surface area contributed by atoms with E-state index in [2.05, 4.69) is 20.9 Å². The van der Waals surface area contributed by atoms with Crippen LogP contribution in [-0.2, 0) is 4.79 Å². The fourth-order valence-corrected chi connectivity index (χ4v) is 2.03. The van der Waals surface area contributed by atoms with E-state index < -0.39 is 5.41 Å². The van der Waals surface area contributed by atoms with E-state index in [0.717, 1.165) is 0 Å². The molecule has 0 spiro atoms. The summed E-state index contributed by atoms with van der Waals surface area (Å²) in [4.78, 5) is 16.1. The molecular weight excluding hydrogens is 323 g/mol. The van der Waals surface area contributed by atoms with E-state index >= 15 is 0 Å². The third-order valence-electron chi connectivity index (χ3n) is 3.58. The summed E-state index contributed by atoms with van der Waals surface area (Å²) >= 11 is 0. The lowest BCUT2D eigenvalue weighted by molar-refractivity contribution is -0.128. The molecule has 140 valence electrons. The first-order valence-electron chi connectivity index (χ1n) is 8.43. The van der Waals surface area contributed by atoms with Crippen molar-refractivity contribution in [3.05, 3.63) is 30.1 Å². The Balaban J connectivity index is 2.43. The minimum absolute atomic E-state index is 0.00837. The highest BCUT2D eigenvalue weighted by atomic mass is 19.1. The molecule has 1 amide bonds. The van der Waals surface area contributed by atoms with Gasteiger partial charge in [0.15, 0.2) is 5.96 Å². The standard InChI is InChI=1S/C18H29FN4O2/c1-6-21-16(24)18(3,4)12-23-17(20-5)22-11-13(2)25-15-9-7-14(19)8-10-15/h7-10,13H,6,11-12H2,1-5H3,(H,21,24)(H2,20,22,23). The zero-order valence-corrected chi connectivity index (χ0v) is 15.6. The predicted molar refractivity (Wildman–Crippen MR) is 98.3 cm³/mol. The Morgan fingerprint density at radius 2 is 1.88 bits per heavy atom. The zero-order valence-electron chi connectivity index (χ0n) is 15.6. The lowest BCUT2D eigenvalue weighted by atomic mass is 9.92. The molecule has 1 atom stereocenters. The van der Waals surface area contributed by atoms with Crippen molar-refractivity contribution in [1.82, 2.24) is 16.0 Å². The Labute approximate surface area is 149 Å². The first-order valence-corrected chi connectivity index (χ1v) is 8.43. The summed E-state index contributed by atoms with van der Waals surface area (Å²) in [6, 6.07) is 5.90. The second kappa shape index (κ2) is 9.86. The molecule has 0 saturated carbocycles. The lowest BCUT2D eigenvalue weighted by Crippen LogP contribution is -2.49. The molecule has 1 rings (SSSR count). The maximum Gasteiger partial charge on any atom is 0.227 e. The minimum Gasteiger partial charge on any atom is -0.489 e. The molecule has 7 heteroatoms. The molecule has 0 aromatic heterocycles. The van der Waals surface area contributed by atoms with E-state index in [1.54, 1.807) is 19.2 Å². The molecule has 0 fully saturated rings. The molecule has 0 bridgehead atoms. The van der Waals surface area contributed by atoms with Crippen molar-refractivity contribution in [2.75, 3.05) is 26.7 Å². The van der Waals surface area contributed by atoms with Crippen molar-refractivity contribution in [3.63, 3.8) is 0 Å². The third kappa shape index (κ3) is 7.41. The number of rotatable bonds is 8. The van der Waals surface area contributed by atoms with Gasteiger partial charge >= 0.3 is 0 Å². The monoisotopic (exact) mass is 352 g/mol. The first kappa shape index (κ1) is 20.7. The van der Waals surface area contributed by atoms with Crippen molar-refractivity contribution in [2.45, 2.75) is 33.8 Å². The van der Waals surface area contributed by atoms with Gasteiger partial charge in [0.2, 0.25) is 5.91 Å². The van der Waals surface area contributed by atoms with Gasteiger partial charge in [0, 0.05) is 20.1 Å². The maximum absolute atomic E-state index is 12.9. The largest absolute Gasteiger partial charge is 0.489 e. The number of ether oxygens (including phenoxy) is 1. The maximum atomic E-state index is 12.9. The van der Waals surface area contributed by atoms with Crippen molar-refractivity contribution in [2.24, 2.45) is 10.4 Å². The number of hydrogen-bond donors (Lipinski definition) is 3. The number of nitrogens with zero attached hydrogens (tertiary/aromatic N) is 1. The van der Waals surface area contributed by atoms with Crippen LogP contribution < -0.4 is 20.7 Å². The van der Waals surface area contributed by atoms with Crippen LogP contribution in [0, 0.1) is 11.2 Å². The van der Waals surface area contributed by atoms with Crippen molar-refractivity contribution in [3.8, 4) is 5.75 Å². The van der Waals surface area contributed by atoms with Gasteiger partial charge in [0.1, 0.15) is 17.7 Å². The van der Waals surface area contributed by atoms with E-state index in [9.17, 15) is 9.18 Å². The van der Waals surface area contributed by atoms with Crippen LogP contribution in [-0.4, -0.2) is 44.7 Å². The van der Waals surface area contributed by atoms with Gasteiger partial charge in [-0.2, -0.15) is 0 Å². The van der Waals surface area contributed by atoms with Crippen LogP contribution in [0.2, 0.25) is 0 Å². The van der Waals surface area contributed by atoms with E-state index in [-0.39, 0.29) is 17.8 Å². The van der Waals surface area contributed by atoms with Crippen LogP contribution in [0.1, 0.15) is 27.7 Å². The van der Waals surface area contributed by atoms with Gasteiger partial charge in [0.05, 0.1) is 12.0 Å². The molecule has 1 unspecified atom stereocenters. The number of benzene rings is 1. The number of guanidine groups is 1. The van der Waals surface area contributed by atoms with Gasteiger partial charge in [-0.3, -0.25) is 9.79 Å². The predicted octanol–water partition coefficient (Wildman–Crippen LogP) is 1.92. The summed E-state index contributed by atoms with van der Waals surface area (Å²) in [6.07, 6.45) is -0.139. The molecule has 1 aromatic carbocycles. The number of aliphatic imine (C=N–C) groups is 1. The summed E-state index contributed by atoms with van der Waals surface area (Å²) in [5.41, 5.74) is -0.552. The van der Waals surface area contributed by atoms with Crippen LogP contribution in [0.4, 0.5) is 4.39 Å². The highest BCUT2D eigenvalue weighted by molar-refractivity contribution is 5.84. The van der Waals surface area contributed by atoms with Crippen LogP contribution in [0.25, 0.3) is 0 Å². The van der Waals surface area contributed by atoms with Gasteiger partial charge in [-0.1, -0.05) is 0 Å². The molecule has 0 heterocycles. The van der Waals surface area contributed by atoms with Crippen LogP contribution in [0.3, 0.4) is 0 Å². The van der Waals surface area contributed by atoms with E-state index in [1.807, 2.05) is 27.7 Å². The molecule has 0 radical (unpaired) electrons. The average molecular weight is 352 g/mol. The Hall–Kier alpha value is -2.31. The van der Waals surface area contributed by atoms with Gasteiger partial charge in [0.25, 0.3) is 0 Å². The molecular formula is C18H29FN4O2. The Bertz CT molecular complexity index is 573. The summed E-state index contributed by atoms with van der Waals surface area (Å²) in [5, 5.41) is 9.12. The van der Waals surface area contributed by atoms with Gasteiger partial charge in [-0.15, -0.1) is 0 Å². The topological polar surface area (TPSA) is 74.8 Å². The smallest absolute Gasteiger partial charge is 0.227 e. The molecule has 0 aliphatic heterocycles. The number of nitrogens with one attached hydrogen (secondary N) is 3. The van der Waals surface area contributed by atoms with Crippen molar-refractivity contribution >= 4 is 11.9 Å². The second-order valence-electron chi connectivity index (χ2n) is 6.43. The first-order chi connectivity index (χ1) is 11.8. The third-order valence-corrected chi connectivity index (χ3v) is 3.58. The summed E-state index contributed by atoms with van der Waals surface area (Å²) in [5.74, 6) is 0.895. The normalized spacial score (nSPS) is 13.1. The Morgan fingerprint density at radius 1 is 1.24 bits per heavy atom. The molecule has 6 nitrogen and oxygen atoms in total. The van der Waals surface area contributed by atoms with Crippen LogP contribution in [0.5, 0.6) is 5.75 Å². The van der Waals surface area contributed by atoms with Crippen molar-refractivity contribution < 1.29 is 13.9 Å². The van der Waals surface area contributed by atoms with Gasteiger partial charge in [-0.05, 0) is 52.0 Å². The summed E-state index contributed by atoms with van der Waals surface area (Å²) < 4.78 is 18.6. The Kier molecular flexibility index (Phi) is 8.18. The molecule has 0 aliphatic carbocycles. The fraction of sp³-hybridized carbons (Fsp3) is 0.556. The van der Waals surface area contributed by atoms with Crippen LogP contribution >= 0.6 is 0 Å². The van der Waals surface area contributed by atoms with Crippen molar-refractivity contribution in [1.29, 1.82) is 0 Å². The second-order valence-corrected chi connectivity index (χ2v) is 6.43. The number of hydrogen-bond acceptors (Lipinski definition) is 3. The SMILES string of the molecule is CCNC(=O)C(C)(C)CNC(=NC)NCC(C)Oc1ccc(F)cc1. The van der Waals surface area contributed by atoms with E-state index in [4.69, 9.17) is 4.74 Å². The zero-order chi connectivity index (χ0) is 18.9. The Morgan fingerprint density at radius 3 is 2.44 bits per heavy atom. The highest BCUT2D eigenvalue weighted by Crippen LogP contribution is 2.14. The van der Waals surface area contributed by atoms with Gasteiger partial charge in [-0.25, -0.2) is 4.39 Å². The molecule has 0 aliphatic rings. The van der Waals surface area contributed by atoms with Crippen LogP contribution in [0.15, 0.2) is 29.3 Å². The number of amides is 1. The average Bonchev–Trinajstić information content (AvgIpc) is 2.57. The molecule has 3 N–H and O–H groups in total. The number of carbonyl (C=O) groups excluding carboxylic acids is 1. The van der Waals surface area contributed by atoms with E-state index in [0.29, 0.717) is 31.3 Å². The molecule has 0 saturated heterocycles. The quantitative estimate of drug-likeness (QED) is 0.494. The summed E-state index contributed by atoms with van der Waals surface area (Å²) in [6.45, 7) is 9.11. The highest BCUT2D eigenvalue weighted by Gasteiger charge is 2.27. The molecule has 25 heavy (non-hydrogen) atoms. The van der Waals surface area contributed by atoms with Gasteiger partial charge < -0.3 is 20.7 Å². The summed E-state index contributed by atoms with van der Waals surface area (Å²) in [7, 11) is 1.67. The number of halogens is 1. The molecule has 1 aromatic rings. The van der Waals surface area contributed by atoms with E-state index in [1.165, 1.54) is 12.1 Å². The number of carbonyl (C=O) groups is 1. The fourth-order valence-electron chi connectivity index (χ4n) is 2.03. The minimum atomic E-state index is -0.552.